The van der Waals surface area contributed by atoms with Crippen LogP contribution < -0.4 is 5.32 Å². The monoisotopic (exact) mass is 263 g/mol. The van der Waals surface area contributed by atoms with Crippen molar-refractivity contribution >= 4 is 0 Å². The second-order valence-corrected chi connectivity index (χ2v) is 5.91. The van der Waals surface area contributed by atoms with E-state index in [0.717, 1.165) is 45.0 Å². The summed E-state index contributed by atoms with van der Waals surface area (Å²) in [5.41, 5.74) is 1.23. The van der Waals surface area contributed by atoms with Gasteiger partial charge in [0.2, 0.25) is 0 Å². The molecule has 1 aromatic heterocycles. The minimum absolute atomic E-state index is 0.189. The zero-order valence-corrected chi connectivity index (χ0v) is 12.3. The summed E-state index contributed by atoms with van der Waals surface area (Å²) >= 11 is 0. The van der Waals surface area contributed by atoms with Crippen LogP contribution in [0.15, 0.2) is 18.6 Å². The number of nitrogens with zero attached hydrogens (tertiary/aromatic N) is 4. The Morgan fingerprint density at radius 3 is 2.63 bits per heavy atom. The zero-order chi connectivity index (χ0) is 13.7. The number of piperazine rings is 1. The van der Waals surface area contributed by atoms with E-state index in [1.807, 2.05) is 6.07 Å². The highest BCUT2D eigenvalue weighted by molar-refractivity contribution is 4.97. The number of hydrogen-bond acceptors (Lipinski definition) is 5. The van der Waals surface area contributed by atoms with Gasteiger partial charge in [-0.1, -0.05) is 0 Å². The highest BCUT2D eigenvalue weighted by Gasteiger charge is 2.28. The molecule has 19 heavy (non-hydrogen) atoms. The fourth-order valence-electron chi connectivity index (χ4n) is 2.44. The van der Waals surface area contributed by atoms with Crippen LogP contribution in [0, 0.1) is 0 Å². The molecular weight excluding hydrogens is 238 g/mol. The van der Waals surface area contributed by atoms with Gasteiger partial charge in [0.05, 0.1) is 5.69 Å². The van der Waals surface area contributed by atoms with Gasteiger partial charge in [0.1, 0.15) is 6.33 Å². The Bertz CT molecular complexity index is 371. The van der Waals surface area contributed by atoms with Gasteiger partial charge in [-0.2, -0.15) is 0 Å². The molecule has 1 aromatic rings. The molecule has 1 fully saturated rings. The lowest BCUT2D eigenvalue weighted by Crippen LogP contribution is -2.57. The molecule has 5 heteroatoms. The van der Waals surface area contributed by atoms with Crippen molar-refractivity contribution in [1.29, 1.82) is 0 Å². The molecule has 0 amide bonds. The molecule has 1 aliphatic rings. The molecular formula is C14H25N5. The smallest absolute Gasteiger partial charge is 0.115 e. The maximum absolute atomic E-state index is 4.23. The van der Waals surface area contributed by atoms with Crippen LogP contribution in [-0.2, 0) is 6.54 Å². The predicted octanol–water partition coefficient (Wildman–Crippen LogP) is 0.592. The van der Waals surface area contributed by atoms with Crippen LogP contribution in [0.25, 0.3) is 0 Å². The SMILES string of the molecule is CN1CCN(C(C)(C)CNCc2ccncn2)CC1. The second-order valence-electron chi connectivity index (χ2n) is 5.91. The summed E-state index contributed by atoms with van der Waals surface area (Å²) in [4.78, 5) is 13.1. The van der Waals surface area contributed by atoms with Crippen molar-refractivity contribution in [3.8, 4) is 0 Å². The number of rotatable bonds is 5. The van der Waals surface area contributed by atoms with Gasteiger partial charge in [-0.3, -0.25) is 4.90 Å². The number of nitrogens with one attached hydrogen (secondary N) is 1. The molecule has 5 nitrogen and oxygen atoms in total. The molecule has 106 valence electrons. The standard InChI is InChI=1S/C14H25N5/c1-14(2,19-8-6-18(3)7-9-19)11-16-10-13-4-5-15-12-17-13/h4-5,12,16H,6-11H2,1-3H3. The Labute approximate surface area is 116 Å². The van der Waals surface area contributed by atoms with Crippen LogP contribution in [0.2, 0.25) is 0 Å². The minimum atomic E-state index is 0.189. The molecule has 2 heterocycles. The van der Waals surface area contributed by atoms with Crippen LogP contribution in [0.1, 0.15) is 19.5 Å². The summed E-state index contributed by atoms with van der Waals surface area (Å²) < 4.78 is 0. The topological polar surface area (TPSA) is 44.3 Å². The van der Waals surface area contributed by atoms with Gasteiger partial charge < -0.3 is 10.2 Å². The Hall–Kier alpha value is -1.04. The highest BCUT2D eigenvalue weighted by atomic mass is 15.3. The second kappa shape index (κ2) is 6.41. The van der Waals surface area contributed by atoms with E-state index in [1.165, 1.54) is 0 Å². The van der Waals surface area contributed by atoms with Crippen LogP contribution in [0.5, 0.6) is 0 Å². The Morgan fingerprint density at radius 1 is 1.26 bits per heavy atom. The minimum Gasteiger partial charge on any atom is -0.309 e. The van der Waals surface area contributed by atoms with Gasteiger partial charge in [-0.25, -0.2) is 9.97 Å². The molecule has 0 spiro atoms. The van der Waals surface area contributed by atoms with Gasteiger partial charge in [0, 0.05) is 51.0 Å². The van der Waals surface area contributed by atoms with E-state index in [1.54, 1.807) is 12.5 Å². The van der Waals surface area contributed by atoms with E-state index in [2.05, 4.69) is 46.0 Å². The molecule has 2 rings (SSSR count). The van der Waals surface area contributed by atoms with Gasteiger partial charge in [-0.05, 0) is 27.0 Å². The van der Waals surface area contributed by atoms with Crippen LogP contribution >= 0.6 is 0 Å². The number of aromatic nitrogens is 2. The molecule has 0 atom stereocenters. The molecule has 0 aromatic carbocycles. The van der Waals surface area contributed by atoms with Crippen molar-refractivity contribution in [2.24, 2.45) is 0 Å². The molecule has 1 N–H and O–H groups in total. The third kappa shape index (κ3) is 4.23. The van der Waals surface area contributed by atoms with Gasteiger partial charge in [0.15, 0.2) is 0 Å². The fraction of sp³-hybridized carbons (Fsp3) is 0.714. The Balaban J connectivity index is 1.77. The molecule has 0 bridgehead atoms. The maximum atomic E-state index is 4.23. The van der Waals surface area contributed by atoms with Crippen molar-refractivity contribution in [3.05, 3.63) is 24.3 Å². The molecule has 0 saturated carbocycles. The summed E-state index contributed by atoms with van der Waals surface area (Å²) in [7, 11) is 2.19. The van der Waals surface area contributed by atoms with Crippen molar-refractivity contribution in [3.63, 3.8) is 0 Å². The lowest BCUT2D eigenvalue weighted by Gasteiger charge is -2.43. The Morgan fingerprint density at radius 2 is 2.00 bits per heavy atom. The largest absolute Gasteiger partial charge is 0.309 e. The summed E-state index contributed by atoms with van der Waals surface area (Å²) in [6.07, 6.45) is 3.39. The van der Waals surface area contributed by atoms with Gasteiger partial charge in [0.25, 0.3) is 0 Å². The lowest BCUT2D eigenvalue weighted by molar-refractivity contribution is 0.0617. The van der Waals surface area contributed by atoms with Crippen molar-refractivity contribution in [2.75, 3.05) is 39.8 Å². The summed E-state index contributed by atoms with van der Waals surface area (Å²) in [5.74, 6) is 0. The van der Waals surface area contributed by atoms with Crippen molar-refractivity contribution in [1.82, 2.24) is 25.1 Å². The quantitative estimate of drug-likeness (QED) is 0.842. The summed E-state index contributed by atoms with van der Waals surface area (Å²) in [6, 6.07) is 1.95. The first kappa shape index (κ1) is 14.4. The normalized spacial score (nSPS) is 18.7. The first-order valence-electron chi connectivity index (χ1n) is 6.97. The average Bonchev–Trinajstić information content (AvgIpc) is 2.40. The lowest BCUT2D eigenvalue weighted by atomic mass is 10.0. The van der Waals surface area contributed by atoms with E-state index in [9.17, 15) is 0 Å². The van der Waals surface area contributed by atoms with Crippen molar-refractivity contribution < 1.29 is 0 Å². The molecule has 0 aliphatic carbocycles. The average molecular weight is 263 g/mol. The fourth-order valence-corrected chi connectivity index (χ4v) is 2.44. The maximum Gasteiger partial charge on any atom is 0.115 e. The molecule has 0 unspecified atom stereocenters. The van der Waals surface area contributed by atoms with E-state index < -0.39 is 0 Å². The van der Waals surface area contributed by atoms with E-state index in [4.69, 9.17) is 0 Å². The number of likely N-dealkylation sites (N-methyl/N-ethyl adjacent to an activating group) is 1. The van der Waals surface area contributed by atoms with E-state index >= 15 is 0 Å². The first-order valence-corrected chi connectivity index (χ1v) is 6.97. The van der Waals surface area contributed by atoms with Gasteiger partial charge >= 0.3 is 0 Å². The zero-order valence-electron chi connectivity index (χ0n) is 12.3. The third-order valence-corrected chi connectivity index (χ3v) is 3.87. The number of hydrogen-bond donors (Lipinski definition) is 1. The third-order valence-electron chi connectivity index (χ3n) is 3.87. The van der Waals surface area contributed by atoms with Crippen LogP contribution in [-0.4, -0.2) is 65.1 Å². The highest BCUT2D eigenvalue weighted by Crippen LogP contribution is 2.15. The predicted molar refractivity (Wildman–Crippen MR) is 76.9 cm³/mol. The van der Waals surface area contributed by atoms with Crippen LogP contribution in [0.4, 0.5) is 0 Å². The Kier molecular flexibility index (Phi) is 4.85. The summed E-state index contributed by atoms with van der Waals surface area (Å²) in [5, 5.41) is 3.50. The van der Waals surface area contributed by atoms with E-state index in [0.29, 0.717) is 0 Å². The molecule has 1 aliphatic heterocycles. The van der Waals surface area contributed by atoms with Gasteiger partial charge in [-0.15, -0.1) is 0 Å². The van der Waals surface area contributed by atoms with Crippen molar-refractivity contribution in [2.45, 2.75) is 25.9 Å². The molecule has 0 radical (unpaired) electrons. The van der Waals surface area contributed by atoms with Crippen LogP contribution in [0.3, 0.4) is 0 Å². The first-order chi connectivity index (χ1) is 9.08. The molecule has 1 saturated heterocycles. The van der Waals surface area contributed by atoms with E-state index in [-0.39, 0.29) is 5.54 Å². The summed E-state index contributed by atoms with van der Waals surface area (Å²) in [6.45, 7) is 11.0.